The van der Waals surface area contributed by atoms with Gasteiger partial charge in [0.05, 0.1) is 36.8 Å². The Kier molecular flexibility index (Phi) is 7.39. The number of morpholine rings is 1. The summed E-state index contributed by atoms with van der Waals surface area (Å²) in [5.41, 5.74) is 9.51. The van der Waals surface area contributed by atoms with E-state index in [1.54, 1.807) is 6.20 Å². The van der Waals surface area contributed by atoms with Crippen molar-refractivity contribution < 1.29 is 4.74 Å². The lowest BCUT2D eigenvalue weighted by Gasteiger charge is -2.26. The summed E-state index contributed by atoms with van der Waals surface area (Å²) < 4.78 is 7.43. The van der Waals surface area contributed by atoms with Gasteiger partial charge in [-0.15, -0.1) is 0 Å². The van der Waals surface area contributed by atoms with E-state index in [-0.39, 0.29) is 6.04 Å². The molecule has 0 amide bonds. The normalized spacial score (nSPS) is 15.3. The standard InChI is InChI=1S/C25H29ClN8O/c26-19-4-1-3-18(15-19)21(16-27)32-23-6-2-5-20(31-23)22-17-30-25-24(29-8-10-34(22)25)28-7-9-33-11-13-35-14-12-33/h1-6,8,10,15,17,21H,7,9,11-14,16,27H2,(H,28,29)(H,31,32). The quantitative estimate of drug-likeness (QED) is 0.327. The molecule has 4 N–H and O–H groups in total. The van der Waals surface area contributed by atoms with Gasteiger partial charge >= 0.3 is 0 Å². The van der Waals surface area contributed by atoms with Gasteiger partial charge in [-0.1, -0.05) is 29.8 Å². The number of pyridine rings is 1. The van der Waals surface area contributed by atoms with Gasteiger partial charge in [-0.05, 0) is 29.8 Å². The largest absolute Gasteiger partial charge is 0.379 e. The van der Waals surface area contributed by atoms with E-state index in [1.807, 2.05) is 59.3 Å². The molecule has 0 saturated carbocycles. The highest BCUT2D eigenvalue weighted by atomic mass is 35.5. The number of benzene rings is 1. The third-order valence-corrected chi connectivity index (χ3v) is 6.31. The molecule has 1 aliphatic heterocycles. The number of hydrogen-bond acceptors (Lipinski definition) is 8. The summed E-state index contributed by atoms with van der Waals surface area (Å²) in [6.07, 6.45) is 5.51. The van der Waals surface area contributed by atoms with E-state index < -0.39 is 0 Å². The molecule has 4 heterocycles. The molecule has 0 bridgehead atoms. The number of nitrogens with zero attached hydrogens (tertiary/aromatic N) is 5. The Morgan fingerprint density at radius 1 is 1.11 bits per heavy atom. The number of hydrogen-bond donors (Lipinski definition) is 3. The maximum Gasteiger partial charge on any atom is 0.180 e. The van der Waals surface area contributed by atoms with Gasteiger partial charge in [0.25, 0.3) is 0 Å². The number of halogens is 1. The highest BCUT2D eigenvalue weighted by Gasteiger charge is 2.15. The SMILES string of the molecule is NCC(Nc1cccc(-c2cnc3c(NCCN4CCOCC4)nccn23)n1)c1cccc(Cl)c1. The summed E-state index contributed by atoms with van der Waals surface area (Å²) in [5, 5.41) is 7.54. The molecular weight excluding hydrogens is 464 g/mol. The number of ether oxygens (including phenoxy) is 1. The van der Waals surface area contributed by atoms with Crippen LogP contribution in [0.1, 0.15) is 11.6 Å². The maximum atomic E-state index is 6.17. The molecule has 1 aliphatic rings. The lowest BCUT2D eigenvalue weighted by molar-refractivity contribution is 0.0398. The monoisotopic (exact) mass is 492 g/mol. The highest BCUT2D eigenvalue weighted by molar-refractivity contribution is 6.30. The first-order chi connectivity index (χ1) is 17.2. The van der Waals surface area contributed by atoms with E-state index in [9.17, 15) is 0 Å². The van der Waals surface area contributed by atoms with Crippen LogP contribution in [0, 0.1) is 0 Å². The first-order valence-corrected chi connectivity index (χ1v) is 12.1. The zero-order valence-electron chi connectivity index (χ0n) is 19.4. The lowest BCUT2D eigenvalue weighted by atomic mass is 10.1. The minimum absolute atomic E-state index is 0.106. The Labute approximate surface area is 209 Å². The van der Waals surface area contributed by atoms with E-state index in [0.717, 1.165) is 73.6 Å². The Hall–Kier alpha value is -3.24. The number of aromatic nitrogens is 4. The second-order valence-electron chi connectivity index (χ2n) is 8.39. The third kappa shape index (κ3) is 5.54. The first-order valence-electron chi connectivity index (χ1n) is 11.8. The molecule has 1 fully saturated rings. The van der Waals surface area contributed by atoms with Crippen molar-refractivity contribution in [3.05, 3.63) is 71.6 Å². The highest BCUT2D eigenvalue weighted by Crippen LogP contribution is 2.25. The van der Waals surface area contributed by atoms with E-state index in [4.69, 9.17) is 27.1 Å². The van der Waals surface area contributed by atoms with Crippen molar-refractivity contribution in [3.8, 4) is 11.4 Å². The van der Waals surface area contributed by atoms with Crippen LogP contribution in [0.4, 0.5) is 11.6 Å². The average Bonchev–Trinajstić information content (AvgIpc) is 3.33. The number of anilines is 2. The minimum atomic E-state index is -0.106. The fraction of sp³-hybridized carbons (Fsp3) is 0.320. The van der Waals surface area contributed by atoms with Crippen LogP contribution in [0.3, 0.4) is 0 Å². The topological polar surface area (TPSA) is 106 Å². The zero-order chi connectivity index (χ0) is 24.0. The summed E-state index contributed by atoms with van der Waals surface area (Å²) in [6, 6.07) is 13.5. The van der Waals surface area contributed by atoms with Crippen molar-refractivity contribution in [3.63, 3.8) is 0 Å². The lowest BCUT2D eigenvalue weighted by Crippen LogP contribution is -2.39. The molecule has 1 aromatic carbocycles. The van der Waals surface area contributed by atoms with Gasteiger partial charge in [-0.25, -0.2) is 15.0 Å². The molecule has 0 radical (unpaired) electrons. The van der Waals surface area contributed by atoms with E-state index in [0.29, 0.717) is 11.6 Å². The second-order valence-corrected chi connectivity index (χ2v) is 8.83. The molecule has 1 atom stereocenters. The van der Waals surface area contributed by atoms with Crippen LogP contribution in [0.15, 0.2) is 61.1 Å². The Morgan fingerprint density at radius 3 is 2.80 bits per heavy atom. The van der Waals surface area contributed by atoms with Crippen LogP contribution >= 0.6 is 11.6 Å². The zero-order valence-corrected chi connectivity index (χ0v) is 20.2. The van der Waals surface area contributed by atoms with Gasteiger partial charge in [0.15, 0.2) is 11.5 Å². The summed E-state index contributed by atoms with van der Waals surface area (Å²) in [5.74, 6) is 1.48. The molecular formula is C25H29ClN8O. The summed E-state index contributed by atoms with van der Waals surface area (Å²) in [7, 11) is 0. The number of fused-ring (bicyclic) bond motifs is 1. The number of nitrogens with two attached hydrogens (primary N) is 1. The molecule has 5 rings (SSSR count). The van der Waals surface area contributed by atoms with Crippen LogP contribution < -0.4 is 16.4 Å². The van der Waals surface area contributed by atoms with Crippen molar-refractivity contribution >= 4 is 28.9 Å². The second kappa shape index (κ2) is 11.0. The van der Waals surface area contributed by atoms with E-state index in [2.05, 4.69) is 25.5 Å². The van der Waals surface area contributed by atoms with Crippen molar-refractivity contribution in [2.45, 2.75) is 6.04 Å². The van der Waals surface area contributed by atoms with Crippen molar-refractivity contribution in [2.24, 2.45) is 5.73 Å². The molecule has 1 unspecified atom stereocenters. The molecule has 9 nitrogen and oxygen atoms in total. The van der Waals surface area contributed by atoms with Gasteiger partial charge in [0.2, 0.25) is 0 Å². The van der Waals surface area contributed by atoms with Crippen molar-refractivity contribution in [2.75, 3.05) is 56.6 Å². The summed E-state index contributed by atoms with van der Waals surface area (Å²) >= 11 is 6.17. The Morgan fingerprint density at radius 2 is 1.97 bits per heavy atom. The van der Waals surface area contributed by atoms with Gasteiger partial charge in [0.1, 0.15) is 5.82 Å². The molecule has 182 valence electrons. The van der Waals surface area contributed by atoms with Gasteiger partial charge in [-0.2, -0.15) is 0 Å². The maximum absolute atomic E-state index is 6.17. The molecule has 0 spiro atoms. The Balaban J connectivity index is 1.33. The van der Waals surface area contributed by atoms with Crippen LogP contribution in [0.2, 0.25) is 5.02 Å². The van der Waals surface area contributed by atoms with Crippen LogP contribution in [-0.4, -0.2) is 70.2 Å². The molecule has 4 aromatic rings. The third-order valence-electron chi connectivity index (χ3n) is 6.07. The van der Waals surface area contributed by atoms with Crippen molar-refractivity contribution in [1.29, 1.82) is 0 Å². The van der Waals surface area contributed by atoms with Crippen LogP contribution in [0.25, 0.3) is 17.0 Å². The van der Waals surface area contributed by atoms with Gasteiger partial charge < -0.3 is 21.1 Å². The molecule has 35 heavy (non-hydrogen) atoms. The summed E-state index contributed by atoms with van der Waals surface area (Å²) in [4.78, 5) is 16.4. The predicted octanol–water partition coefficient (Wildman–Crippen LogP) is 3.30. The predicted molar refractivity (Wildman–Crippen MR) is 139 cm³/mol. The average molecular weight is 493 g/mol. The molecule has 3 aromatic heterocycles. The van der Waals surface area contributed by atoms with Gasteiger partial charge in [-0.3, -0.25) is 9.30 Å². The first kappa shape index (κ1) is 23.5. The van der Waals surface area contributed by atoms with Gasteiger partial charge in [0, 0.05) is 50.1 Å². The van der Waals surface area contributed by atoms with E-state index in [1.165, 1.54) is 0 Å². The number of imidazole rings is 1. The number of nitrogens with one attached hydrogen (secondary N) is 2. The molecule has 0 aliphatic carbocycles. The fourth-order valence-electron chi connectivity index (χ4n) is 4.23. The fourth-order valence-corrected chi connectivity index (χ4v) is 4.43. The van der Waals surface area contributed by atoms with Crippen LogP contribution in [-0.2, 0) is 4.74 Å². The van der Waals surface area contributed by atoms with E-state index >= 15 is 0 Å². The number of rotatable bonds is 9. The van der Waals surface area contributed by atoms with Crippen LogP contribution in [0.5, 0.6) is 0 Å². The Bertz CT molecular complexity index is 1270. The van der Waals surface area contributed by atoms with Crippen molar-refractivity contribution in [1.82, 2.24) is 24.3 Å². The molecule has 10 heteroatoms. The smallest absolute Gasteiger partial charge is 0.180 e. The molecule has 1 saturated heterocycles. The summed E-state index contributed by atoms with van der Waals surface area (Å²) in [6.45, 7) is 5.65. The minimum Gasteiger partial charge on any atom is -0.379 e.